The van der Waals surface area contributed by atoms with Gasteiger partial charge in [-0.3, -0.25) is 0 Å². The molecule has 0 heterocycles. The lowest BCUT2D eigenvalue weighted by Crippen LogP contribution is -1.92. The fourth-order valence-corrected chi connectivity index (χ4v) is 2.56. The molecule has 0 aromatic heterocycles. The van der Waals surface area contributed by atoms with Gasteiger partial charge in [-0.1, -0.05) is 32.6 Å². The van der Waals surface area contributed by atoms with Gasteiger partial charge in [0.1, 0.15) is 20.2 Å². The maximum absolute atomic E-state index is 5.20. The maximum atomic E-state index is 5.20. The Bertz CT molecular complexity index is 44.3. The van der Waals surface area contributed by atoms with E-state index < -0.39 is 0 Å². The molecule has 0 N–H and O–H groups in total. The zero-order valence-corrected chi connectivity index (χ0v) is 10.1. The summed E-state index contributed by atoms with van der Waals surface area (Å²) in [7, 11) is 0.925. The third-order valence-electron chi connectivity index (χ3n) is 1.45. The zero-order valence-electron chi connectivity index (χ0n) is 6.65. The first kappa shape index (κ1) is 9.39. The Balaban J connectivity index is 2.60. The summed E-state index contributed by atoms with van der Waals surface area (Å²) in [6.45, 7) is 2.25. The molecule has 0 amide bonds. The van der Waals surface area contributed by atoms with Crippen molar-refractivity contribution in [3.63, 3.8) is 0 Å². The van der Waals surface area contributed by atoms with Crippen LogP contribution in [0.25, 0.3) is 0 Å². The first-order valence-electron chi connectivity index (χ1n) is 3.90. The molecule has 0 aliphatic heterocycles. The van der Waals surface area contributed by atoms with Crippen LogP contribution in [0, 0.1) is 0 Å². The normalized spacial score (nSPS) is 11.7. The Morgan fingerprint density at radius 3 is 2.67 bits per heavy atom. The summed E-state index contributed by atoms with van der Waals surface area (Å²) in [6, 6.07) is 1.41. The van der Waals surface area contributed by atoms with Crippen LogP contribution in [0.1, 0.15) is 32.6 Å². The van der Waals surface area contributed by atoms with Gasteiger partial charge in [0.25, 0.3) is 0 Å². The van der Waals surface area contributed by atoms with Crippen LogP contribution in [0.3, 0.4) is 0 Å². The smallest absolute Gasteiger partial charge is 0.145 e. The van der Waals surface area contributed by atoms with Crippen molar-refractivity contribution in [3.05, 3.63) is 0 Å². The quantitative estimate of drug-likeness (QED) is 0.405. The summed E-state index contributed by atoms with van der Waals surface area (Å²) < 4.78 is 5.20. The van der Waals surface area contributed by atoms with E-state index in [0.29, 0.717) is 0 Å². The molecular formula is C6H18OSi2. The van der Waals surface area contributed by atoms with Gasteiger partial charge < -0.3 is 4.12 Å². The first-order valence-corrected chi connectivity index (χ1v) is 6.30. The molecule has 0 spiro atoms. The Morgan fingerprint density at radius 2 is 2.11 bits per heavy atom. The largest absolute Gasteiger partial charge is 0.468 e. The van der Waals surface area contributed by atoms with Gasteiger partial charge in [-0.25, -0.2) is 0 Å². The molecule has 0 radical (unpaired) electrons. The minimum atomic E-state index is -0.0445. The number of hydrogen-bond donors (Lipinski definition) is 0. The predicted octanol–water partition coefficient (Wildman–Crippen LogP) is 0.366. The molecule has 0 aliphatic rings. The molecule has 0 atom stereocenters. The van der Waals surface area contributed by atoms with Gasteiger partial charge in [0.05, 0.1) is 0 Å². The molecule has 0 rings (SSSR count). The van der Waals surface area contributed by atoms with Gasteiger partial charge in [-0.15, -0.1) is 0 Å². The number of unbranched alkanes of at least 4 members (excludes halogenated alkanes) is 3. The highest BCUT2D eigenvalue weighted by Gasteiger charge is 1.86. The second-order valence-corrected chi connectivity index (χ2v) is 5.83. The van der Waals surface area contributed by atoms with Gasteiger partial charge in [-0.2, -0.15) is 0 Å². The molecule has 0 aromatic rings. The Labute approximate surface area is 63.7 Å². The SMILES string of the molecule is CCCCCC[SiH2]O[SiH3]. The standard InChI is InChI=1S/C6H18OSi2/c1-2-3-4-5-6-9-7-8/h2-6,9H2,1,8H3. The molecule has 1 nitrogen and oxygen atoms in total. The van der Waals surface area contributed by atoms with Gasteiger partial charge in [0.2, 0.25) is 0 Å². The highest BCUT2D eigenvalue weighted by atomic mass is 28.3. The molecule has 0 fully saturated rings. The first-order chi connectivity index (χ1) is 4.41. The van der Waals surface area contributed by atoms with E-state index in [2.05, 4.69) is 6.92 Å². The van der Waals surface area contributed by atoms with Crippen LogP contribution < -0.4 is 0 Å². The monoisotopic (exact) mass is 162 g/mol. The van der Waals surface area contributed by atoms with Crippen molar-refractivity contribution in [2.75, 3.05) is 0 Å². The van der Waals surface area contributed by atoms with Crippen molar-refractivity contribution in [3.8, 4) is 0 Å². The van der Waals surface area contributed by atoms with Crippen molar-refractivity contribution >= 4 is 20.2 Å². The summed E-state index contributed by atoms with van der Waals surface area (Å²) >= 11 is 0. The van der Waals surface area contributed by atoms with Crippen molar-refractivity contribution in [1.82, 2.24) is 0 Å². The molecule has 0 bridgehead atoms. The van der Waals surface area contributed by atoms with Crippen LogP contribution in [0.2, 0.25) is 6.04 Å². The van der Waals surface area contributed by atoms with E-state index in [9.17, 15) is 0 Å². The van der Waals surface area contributed by atoms with Crippen LogP contribution >= 0.6 is 0 Å². The second kappa shape index (κ2) is 8.39. The Hall–Kier alpha value is 0.394. The lowest BCUT2D eigenvalue weighted by molar-refractivity contribution is 0.637. The highest BCUT2D eigenvalue weighted by molar-refractivity contribution is 6.34. The van der Waals surface area contributed by atoms with Crippen LogP contribution in [-0.4, -0.2) is 20.2 Å². The molecule has 0 saturated carbocycles. The molecule has 0 aliphatic carbocycles. The average Bonchev–Trinajstić information content (AvgIpc) is 1.89. The maximum Gasteiger partial charge on any atom is 0.145 e. The predicted molar refractivity (Wildman–Crippen MR) is 48.5 cm³/mol. The topological polar surface area (TPSA) is 9.23 Å². The lowest BCUT2D eigenvalue weighted by Gasteiger charge is -1.96. The van der Waals surface area contributed by atoms with Crippen molar-refractivity contribution in [2.24, 2.45) is 0 Å². The summed E-state index contributed by atoms with van der Waals surface area (Å²) in [5.74, 6) is 0. The minimum Gasteiger partial charge on any atom is -0.468 e. The molecule has 0 unspecified atom stereocenters. The van der Waals surface area contributed by atoms with E-state index >= 15 is 0 Å². The van der Waals surface area contributed by atoms with E-state index in [4.69, 9.17) is 4.12 Å². The molecule has 56 valence electrons. The van der Waals surface area contributed by atoms with E-state index in [1.54, 1.807) is 0 Å². The lowest BCUT2D eigenvalue weighted by atomic mass is 10.2. The molecule has 0 aromatic carbocycles. The molecular weight excluding hydrogens is 144 g/mol. The zero-order chi connectivity index (χ0) is 6.95. The third kappa shape index (κ3) is 8.39. The average molecular weight is 162 g/mol. The Morgan fingerprint density at radius 1 is 1.33 bits per heavy atom. The summed E-state index contributed by atoms with van der Waals surface area (Å²) in [6.07, 6.45) is 5.61. The van der Waals surface area contributed by atoms with Crippen LogP contribution in [-0.2, 0) is 4.12 Å². The Kier molecular flexibility index (Phi) is 8.76. The van der Waals surface area contributed by atoms with Crippen LogP contribution in [0.5, 0.6) is 0 Å². The van der Waals surface area contributed by atoms with E-state index in [0.717, 1.165) is 10.5 Å². The van der Waals surface area contributed by atoms with E-state index in [1.165, 1.54) is 31.7 Å². The van der Waals surface area contributed by atoms with Crippen LogP contribution in [0.15, 0.2) is 0 Å². The summed E-state index contributed by atoms with van der Waals surface area (Å²) in [5, 5.41) is 0. The highest BCUT2D eigenvalue weighted by Crippen LogP contribution is 2.01. The van der Waals surface area contributed by atoms with E-state index in [-0.39, 0.29) is 9.76 Å². The molecule has 0 saturated heterocycles. The second-order valence-electron chi connectivity index (χ2n) is 2.41. The molecule has 9 heavy (non-hydrogen) atoms. The number of hydrogen-bond acceptors (Lipinski definition) is 1. The summed E-state index contributed by atoms with van der Waals surface area (Å²) in [4.78, 5) is 0. The van der Waals surface area contributed by atoms with Crippen molar-refractivity contribution in [2.45, 2.75) is 38.7 Å². The summed E-state index contributed by atoms with van der Waals surface area (Å²) in [5.41, 5.74) is 0. The van der Waals surface area contributed by atoms with Gasteiger partial charge in [0, 0.05) is 0 Å². The minimum absolute atomic E-state index is 0.0445. The molecule has 3 heteroatoms. The van der Waals surface area contributed by atoms with Crippen molar-refractivity contribution < 1.29 is 4.12 Å². The number of rotatable bonds is 6. The van der Waals surface area contributed by atoms with Gasteiger partial charge >= 0.3 is 0 Å². The third-order valence-corrected chi connectivity index (χ3v) is 3.87. The van der Waals surface area contributed by atoms with Crippen molar-refractivity contribution in [1.29, 1.82) is 0 Å². The fraction of sp³-hybridized carbons (Fsp3) is 1.00. The van der Waals surface area contributed by atoms with Gasteiger partial charge in [0.15, 0.2) is 0 Å². The van der Waals surface area contributed by atoms with Gasteiger partial charge in [-0.05, 0) is 6.04 Å². The van der Waals surface area contributed by atoms with Crippen LogP contribution in [0.4, 0.5) is 0 Å². The fourth-order valence-electron chi connectivity index (χ4n) is 0.850. The van der Waals surface area contributed by atoms with E-state index in [1.807, 2.05) is 0 Å².